The highest BCUT2D eigenvalue weighted by atomic mass is 32.2. The summed E-state index contributed by atoms with van der Waals surface area (Å²) in [6, 6.07) is 6.90. The molecule has 3 heterocycles. The van der Waals surface area contributed by atoms with Crippen molar-refractivity contribution < 1.29 is 24.2 Å². The molecule has 1 aromatic rings. The SMILES string of the molecule is CCOc1ccc(NC(=O)[C@@H]2[C@H]3C(=O)N(CCCCCO)C(C(=O)NC4CCCCC4)C34CC[C@@]2(C)S4)cc1. The van der Waals surface area contributed by atoms with E-state index >= 15 is 0 Å². The number of anilines is 1. The highest BCUT2D eigenvalue weighted by Crippen LogP contribution is 2.71. The molecular formula is C30H43N3O5S. The Morgan fingerprint density at radius 3 is 2.51 bits per heavy atom. The van der Waals surface area contributed by atoms with Gasteiger partial charge in [0.05, 0.1) is 23.2 Å². The first-order chi connectivity index (χ1) is 18.8. The minimum absolute atomic E-state index is 0.0516. The van der Waals surface area contributed by atoms with Gasteiger partial charge in [-0.1, -0.05) is 19.3 Å². The average Bonchev–Trinajstić information content (AvgIpc) is 3.49. The molecule has 1 aromatic carbocycles. The van der Waals surface area contributed by atoms with Crippen LogP contribution in [0.1, 0.15) is 78.1 Å². The van der Waals surface area contributed by atoms with E-state index in [1.54, 1.807) is 16.7 Å². The number of fused-ring (bicyclic) bond motifs is 1. The normalized spacial score (nSPS) is 31.8. The standard InChI is InChI=1S/C30H43N3O5S/c1-3-38-22-14-12-21(13-15-22)31-26(35)23-24-28(37)33(18-8-5-9-19-34)25(30(24)17-16-29(23,2)39-30)27(36)32-20-10-6-4-7-11-20/h12-15,20,23-25,34H,3-11,16-19H2,1-2H3,(H,31,35)(H,32,36)/t23-,24-,25?,29+,30?/m0/s1. The number of hydrogen-bond donors (Lipinski definition) is 3. The second-order valence-electron chi connectivity index (χ2n) is 11.8. The predicted octanol–water partition coefficient (Wildman–Crippen LogP) is 4.12. The van der Waals surface area contributed by atoms with Gasteiger partial charge in [-0.3, -0.25) is 14.4 Å². The number of hydrogen-bond acceptors (Lipinski definition) is 6. The molecule has 0 aromatic heterocycles. The summed E-state index contributed by atoms with van der Waals surface area (Å²) in [5.41, 5.74) is 0.673. The van der Waals surface area contributed by atoms with Gasteiger partial charge >= 0.3 is 0 Å². The number of likely N-dealkylation sites (tertiary alicyclic amines) is 1. The van der Waals surface area contributed by atoms with Gasteiger partial charge in [0.2, 0.25) is 17.7 Å². The minimum Gasteiger partial charge on any atom is -0.494 e. The molecule has 3 N–H and O–H groups in total. The van der Waals surface area contributed by atoms with Gasteiger partial charge < -0.3 is 25.4 Å². The quantitative estimate of drug-likeness (QED) is 0.354. The van der Waals surface area contributed by atoms with Gasteiger partial charge in [0.25, 0.3) is 0 Å². The van der Waals surface area contributed by atoms with Gasteiger partial charge in [-0.15, -0.1) is 11.8 Å². The van der Waals surface area contributed by atoms with Gasteiger partial charge in [0, 0.05) is 29.6 Å². The lowest BCUT2D eigenvalue weighted by molar-refractivity contribution is -0.139. The van der Waals surface area contributed by atoms with Crippen molar-refractivity contribution >= 4 is 35.2 Å². The van der Waals surface area contributed by atoms with E-state index in [2.05, 4.69) is 17.6 Å². The molecule has 9 heteroatoms. The van der Waals surface area contributed by atoms with Crippen LogP contribution in [-0.4, -0.2) is 69.1 Å². The fourth-order valence-electron chi connectivity index (χ4n) is 7.49. The summed E-state index contributed by atoms with van der Waals surface area (Å²) in [4.78, 5) is 43.8. The molecule has 39 heavy (non-hydrogen) atoms. The van der Waals surface area contributed by atoms with E-state index in [-0.39, 0.29) is 30.4 Å². The number of carbonyl (C=O) groups is 3. The van der Waals surface area contributed by atoms with Crippen LogP contribution in [0.4, 0.5) is 5.69 Å². The van der Waals surface area contributed by atoms with Crippen molar-refractivity contribution in [1.29, 1.82) is 0 Å². The molecule has 5 atom stereocenters. The van der Waals surface area contributed by atoms with Crippen LogP contribution in [0.5, 0.6) is 5.75 Å². The first-order valence-electron chi connectivity index (χ1n) is 14.8. The maximum Gasteiger partial charge on any atom is 0.244 e. The number of carbonyl (C=O) groups excluding carboxylic acids is 3. The van der Waals surface area contributed by atoms with E-state index in [0.717, 1.165) is 57.1 Å². The zero-order valence-corrected chi connectivity index (χ0v) is 24.1. The van der Waals surface area contributed by atoms with Crippen LogP contribution in [0.3, 0.4) is 0 Å². The van der Waals surface area contributed by atoms with Crippen molar-refractivity contribution in [2.24, 2.45) is 11.8 Å². The van der Waals surface area contributed by atoms with Crippen molar-refractivity contribution in [3.8, 4) is 5.75 Å². The summed E-state index contributed by atoms with van der Waals surface area (Å²) < 4.78 is 4.53. The van der Waals surface area contributed by atoms with E-state index in [1.165, 1.54) is 6.42 Å². The predicted molar refractivity (Wildman–Crippen MR) is 153 cm³/mol. The zero-order valence-electron chi connectivity index (χ0n) is 23.2. The van der Waals surface area contributed by atoms with Crippen LogP contribution in [0.15, 0.2) is 24.3 Å². The third kappa shape index (κ3) is 5.29. The number of nitrogens with one attached hydrogen (secondary N) is 2. The van der Waals surface area contributed by atoms with Gasteiger partial charge in [-0.2, -0.15) is 0 Å². The Balaban J connectivity index is 1.40. The number of nitrogens with zero attached hydrogens (tertiary/aromatic N) is 1. The summed E-state index contributed by atoms with van der Waals surface area (Å²) in [6.45, 7) is 5.19. The fraction of sp³-hybridized carbons (Fsp3) is 0.700. The lowest BCUT2D eigenvalue weighted by Gasteiger charge is -2.36. The smallest absolute Gasteiger partial charge is 0.244 e. The molecule has 3 amide bonds. The molecule has 4 aliphatic rings. The largest absolute Gasteiger partial charge is 0.494 e. The van der Waals surface area contributed by atoms with E-state index in [9.17, 15) is 19.5 Å². The van der Waals surface area contributed by atoms with Crippen LogP contribution < -0.4 is 15.4 Å². The maximum atomic E-state index is 14.2. The molecule has 8 nitrogen and oxygen atoms in total. The Morgan fingerprint density at radius 2 is 1.82 bits per heavy atom. The van der Waals surface area contributed by atoms with Gasteiger partial charge in [0.15, 0.2) is 0 Å². The summed E-state index contributed by atoms with van der Waals surface area (Å²) in [7, 11) is 0. The molecule has 2 unspecified atom stereocenters. The molecule has 214 valence electrons. The minimum atomic E-state index is -0.595. The van der Waals surface area contributed by atoms with Crippen molar-refractivity contribution in [1.82, 2.24) is 10.2 Å². The van der Waals surface area contributed by atoms with Gasteiger partial charge in [-0.05, 0) is 83.1 Å². The Bertz CT molecular complexity index is 1060. The molecule has 1 aliphatic carbocycles. The molecular weight excluding hydrogens is 514 g/mol. The van der Waals surface area contributed by atoms with Gasteiger partial charge in [0.1, 0.15) is 11.8 Å². The van der Waals surface area contributed by atoms with Crippen LogP contribution >= 0.6 is 11.8 Å². The summed E-state index contributed by atoms with van der Waals surface area (Å²) in [6.07, 6.45) is 9.17. The second-order valence-corrected chi connectivity index (χ2v) is 13.7. The topological polar surface area (TPSA) is 108 Å². The highest BCUT2D eigenvalue weighted by molar-refractivity contribution is 8.02. The zero-order chi connectivity index (χ0) is 27.6. The van der Waals surface area contributed by atoms with Crippen LogP contribution in [0, 0.1) is 11.8 Å². The highest BCUT2D eigenvalue weighted by Gasteiger charge is 2.77. The fourth-order valence-corrected chi connectivity index (χ4v) is 9.84. The maximum absolute atomic E-state index is 14.2. The Morgan fingerprint density at radius 1 is 1.08 bits per heavy atom. The molecule has 1 spiro atoms. The number of unbranched alkanes of at least 4 members (excludes halogenated alkanes) is 2. The number of rotatable bonds is 11. The van der Waals surface area contributed by atoms with Gasteiger partial charge in [-0.25, -0.2) is 0 Å². The van der Waals surface area contributed by atoms with Crippen molar-refractivity contribution in [2.45, 2.75) is 99.6 Å². The molecule has 4 fully saturated rings. The number of ether oxygens (including phenoxy) is 1. The lowest BCUT2D eigenvalue weighted by Crippen LogP contribution is -2.55. The summed E-state index contributed by atoms with van der Waals surface area (Å²) in [5.74, 6) is -0.560. The first-order valence-corrected chi connectivity index (χ1v) is 15.6. The van der Waals surface area contributed by atoms with Crippen molar-refractivity contribution in [2.75, 3.05) is 25.1 Å². The lowest BCUT2D eigenvalue weighted by atomic mass is 9.66. The van der Waals surface area contributed by atoms with E-state index in [0.29, 0.717) is 25.3 Å². The number of benzene rings is 1. The Hall–Kier alpha value is -2.26. The Labute approximate surface area is 236 Å². The summed E-state index contributed by atoms with van der Waals surface area (Å²) >= 11 is 1.71. The van der Waals surface area contributed by atoms with Crippen LogP contribution in [0.25, 0.3) is 0 Å². The number of aliphatic hydroxyl groups is 1. The van der Waals surface area contributed by atoms with Crippen molar-refractivity contribution in [3.05, 3.63) is 24.3 Å². The molecule has 3 aliphatic heterocycles. The van der Waals surface area contributed by atoms with E-state index < -0.39 is 27.4 Å². The summed E-state index contributed by atoms with van der Waals surface area (Å²) in [5, 5.41) is 15.6. The Kier molecular flexibility index (Phi) is 8.48. The average molecular weight is 558 g/mol. The van der Waals surface area contributed by atoms with Crippen LogP contribution in [0.2, 0.25) is 0 Å². The number of amides is 3. The van der Waals surface area contributed by atoms with Crippen molar-refractivity contribution in [3.63, 3.8) is 0 Å². The third-order valence-electron chi connectivity index (χ3n) is 9.25. The number of thioether (sulfide) groups is 1. The van der Waals surface area contributed by atoms with E-state index in [1.807, 2.05) is 31.2 Å². The van der Waals surface area contributed by atoms with Crippen LogP contribution in [-0.2, 0) is 14.4 Å². The third-order valence-corrected chi connectivity index (χ3v) is 11.2. The molecule has 1 saturated carbocycles. The first kappa shape index (κ1) is 28.3. The number of aliphatic hydroxyl groups excluding tert-OH is 1. The monoisotopic (exact) mass is 557 g/mol. The molecule has 0 radical (unpaired) electrons. The molecule has 3 saturated heterocycles. The second kappa shape index (κ2) is 11.7. The van der Waals surface area contributed by atoms with E-state index in [4.69, 9.17) is 4.74 Å². The molecule has 5 rings (SSSR count). The molecule has 2 bridgehead atoms.